The summed E-state index contributed by atoms with van der Waals surface area (Å²) in [5, 5.41) is 0. The SMILES string of the molecule is C=C(C)[C@@H]1CC[C@]2(C)CC[C@]3(C)[C@@H](CC[C@@H]4[C@]5(C)CC[C@@H](OC(=O)CCCCCCCCCCCCCCCCCCCCCCCCCC)C(C)(C)[C@H]5CC[C@]43C)[C@@H]12. The van der Waals surface area contributed by atoms with Crippen LogP contribution >= 0.6 is 0 Å². The molecule has 59 heavy (non-hydrogen) atoms. The maximum absolute atomic E-state index is 13.3. The Bertz CT molecular complexity index is 1260. The lowest BCUT2D eigenvalue weighted by molar-refractivity contribution is -0.249. The van der Waals surface area contributed by atoms with Crippen LogP contribution in [0.5, 0.6) is 0 Å². The first-order valence-corrected chi connectivity index (χ1v) is 27.1. The van der Waals surface area contributed by atoms with Crippen molar-refractivity contribution in [1.82, 2.24) is 0 Å². The molecule has 0 heterocycles. The second kappa shape index (κ2) is 22.7. The Hall–Kier alpha value is -0.790. The van der Waals surface area contributed by atoms with Crippen LogP contribution in [0, 0.1) is 56.7 Å². The van der Waals surface area contributed by atoms with Crippen molar-refractivity contribution in [2.45, 2.75) is 286 Å². The molecule has 0 spiro atoms. The number of rotatable bonds is 27. The van der Waals surface area contributed by atoms with Gasteiger partial charge in [0.2, 0.25) is 0 Å². The average Bonchev–Trinajstić information content (AvgIpc) is 3.55. The van der Waals surface area contributed by atoms with Crippen molar-refractivity contribution in [2.24, 2.45) is 56.7 Å². The van der Waals surface area contributed by atoms with Gasteiger partial charge in [-0.3, -0.25) is 4.79 Å². The van der Waals surface area contributed by atoms with Crippen molar-refractivity contribution >= 4 is 5.97 Å². The number of hydrogen-bond acceptors (Lipinski definition) is 2. The number of carbonyl (C=O) groups is 1. The van der Waals surface area contributed by atoms with Crippen LogP contribution in [-0.4, -0.2) is 12.1 Å². The van der Waals surface area contributed by atoms with Gasteiger partial charge in [-0.15, -0.1) is 0 Å². The van der Waals surface area contributed by atoms with E-state index in [0.717, 1.165) is 36.5 Å². The van der Waals surface area contributed by atoms with Gasteiger partial charge >= 0.3 is 5.97 Å². The number of esters is 1. The Morgan fingerprint density at radius 1 is 0.525 bits per heavy atom. The summed E-state index contributed by atoms with van der Waals surface area (Å²) in [6, 6.07) is 0. The molecule has 0 aromatic heterocycles. The maximum Gasteiger partial charge on any atom is 0.306 e. The van der Waals surface area contributed by atoms with E-state index < -0.39 is 0 Å². The standard InChI is InChI=1S/C57H102O2/c1-10-11-12-13-14-15-16-17-18-19-20-21-22-23-24-25-26-27-28-29-30-31-32-33-34-51(58)59-50-39-41-55(7)48(53(50,4)5)38-42-57(9)49(55)36-35-47-52-46(45(2)3)37-40-54(52,6)43-44-56(47,57)8/h46-50,52H,2,10-44H2,1,3-9H3/t46-,47-,48+,49+,50+,52+,54+,55+,56+,57+/m0/s1. The van der Waals surface area contributed by atoms with Crippen molar-refractivity contribution in [3.8, 4) is 0 Å². The van der Waals surface area contributed by atoms with Crippen LogP contribution in [0.15, 0.2) is 12.2 Å². The first kappa shape index (κ1) is 49.2. The molecule has 0 aliphatic heterocycles. The monoisotopic (exact) mass is 819 g/mol. The number of unbranched alkanes of at least 4 members (excludes halogenated alkanes) is 23. The van der Waals surface area contributed by atoms with Gasteiger partial charge in [-0.2, -0.15) is 0 Å². The Balaban J connectivity index is 0.903. The lowest BCUT2D eigenvalue weighted by atomic mass is 9.32. The zero-order valence-electron chi connectivity index (χ0n) is 41.2. The van der Waals surface area contributed by atoms with Crippen molar-refractivity contribution in [1.29, 1.82) is 0 Å². The van der Waals surface area contributed by atoms with Gasteiger partial charge in [-0.25, -0.2) is 0 Å². The molecule has 2 heteroatoms. The van der Waals surface area contributed by atoms with E-state index in [1.165, 1.54) is 211 Å². The predicted octanol–water partition coefficient (Wildman–Crippen LogP) is 18.3. The molecule has 0 aromatic carbocycles. The number of allylic oxidation sites excluding steroid dienone is 1. The second-order valence-electron chi connectivity index (χ2n) is 24.1. The van der Waals surface area contributed by atoms with Crippen LogP contribution < -0.4 is 0 Å². The zero-order valence-corrected chi connectivity index (χ0v) is 41.2. The molecule has 342 valence electrons. The summed E-state index contributed by atoms with van der Waals surface area (Å²) in [6.45, 7) is 25.0. The van der Waals surface area contributed by atoms with E-state index in [1.54, 1.807) is 0 Å². The molecule has 0 aromatic rings. The summed E-state index contributed by atoms with van der Waals surface area (Å²) in [4.78, 5) is 13.3. The highest BCUT2D eigenvalue weighted by molar-refractivity contribution is 5.69. The van der Waals surface area contributed by atoms with Gasteiger partial charge in [0, 0.05) is 11.8 Å². The molecule has 5 aliphatic carbocycles. The number of carbonyl (C=O) groups excluding carboxylic acids is 1. The zero-order chi connectivity index (χ0) is 42.6. The molecule has 0 unspecified atom stereocenters. The Morgan fingerprint density at radius 2 is 1.02 bits per heavy atom. The number of ether oxygens (including phenoxy) is 1. The maximum atomic E-state index is 13.3. The summed E-state index contributed by atoms with van der Waals surface area (Å²) in [5.74, 6) is 3.89. The van der Waals surface area contributed by atoms with E-state index in [9.17, 15) is 4.79 Å². The fourth-order valence-electron chi connectivity index (χ4n) is 16.1. The van der Waals surface area contributed by atoms with Gasteiger partial charge in [-0.1, -0.05) is 208 Å². The van der Waals surface area contributed by atoms with Gasteiger partial charge < -0.3 is 4.74 Å². The van der Waals surface area contributed by atoms with Crippen LogP contribution in [0.1, 0.15) is 280 Å². The van der Waals surface area contributed by atoms with E-state index >= 15 is 0 Å². The third-order valence-electron chi connectivity index (χ3n) is 19.9. The molecular formula is C57H102O2. The molecule has 0 N–H and O–H groups in total. The Morgan fingerprint density at radius 3 is 1.51 bits per heavy atom. The molecule has 10 atom stereocenters. The number of hydrogen-bond donors (Lipinski definition) is 0. The molecule has 0 bridgehead atoms. The first-order valence-electron chi connectivity index (χ1n) is 27.1. The Kier molecular flexibility index (Phi) is 19.0. The highest BCUT2D eigenvalue weighted by atomic mass is 16.5. The van der Waals surface area contributed by atoms with Gasteiger partial charge in [0.05, 0.1) is 0 Å². The van der Waals surface area contributed by atoms with Gasteiger partial charge in [-0.05, 0) is 129 Å². The lowest BCUT2D eigenvalue weighted by Crippen LogP contribution is -2.66. The fourth-order valence-corrected chi connectivity index (χ4v) is 16.1. The molecule has 0 radical (unpaired) electrons. The van der Waals surface area contributed by atoms with Gasteiger partial charge in [0.15, 0.2) is 0 Å². The average molecular weight is 819 g/mol. The van der Waals surface area contributed by atoms with Crippen molar-refractivity contribution in [2.75, 3.05) is 0 Å². The highest BCUT2D eigenvalue weighted by Gasteiger charge is 2.70. The second-order valence-corrected chi connectivity index (χ2v) is 24.1. The molecular weight excluding hydrogens is 717 g/mol. The topological polar surface area (TPSA) is 26.3 Å². The minimum atomic E-state index is 0.0373. The van der Waals surface area contributed by atoms with E-state index in [-0.39, 0.29) is 17.5 Å². The van der Waals surface area contributed by atoms with E-state index in [0.29, 0.717) is 34.0 Å². The van der Waals surface area contributed by atoms with Crippen LogP contribution in [0.25, 0.3) is 0 Å². The third-order valence-corrected chi connectivity index (χ3v) is 19.9. The minimum absolute atomic E-state index is 0.0373. The van der Waals surface area contributed by atoms with Crippen molar-refractivity contribution in [3.63, 3.8) is 0 Å². The van der Waals surface area contributed by atoms with Gasteiger partial charge in [0.25, 0.3) is 0 Å². The summed E-state index contributed by atoms with van der Waals surface area (Å²) in [6.07, 6.45) is 47.7. The minimum Gasteiger partial charge on any atom is -0.462 e. The Labute approximate surface area is 369 Å². The lowest BCUT2D eigenvalue weighted by Gasteiger charge is -2.73. The van der Waals surface area contributed by atoms with E-state index in [4.69, 9.17) is 4.74 Å². The van der Waals surface area contributed by atoms with Crippen LogP contribution in [0.3, 0.4) is 0 Å². The van der Waals surface area contributed by atoms with E-state index in [1.807, 2.05) is 0 Å². The fraction of sp³-hybridized carbons (Fsp3) is 0.947. The van der Waals surface area contributed by atoms with Crippen LogP contribution in [0.2, 0.25) is 0 Å². The molecule has 0 amide bonds. The largest absolute Gasteiger partial charge is 0.462 e. The van der Waals surface area contributed by atoms with Crippen LogP contribution in [-0.2, 0) is 9.53 Å². The summed E-state index contributed by atoms with van der Waals surface area (Å²) in [7, 11) is 0. The van der Waals surface area contributed by atoms with Crippen molar-refractivity contribution < 1.29 is 9.53 Å². The van der Waals surface area contributed by atoms with E-state index in [2.05, 4.69) is 62.0 Å². The highest BCUT2D eigenvalue weighted by Crippen LogP contribution is 2.77. The molecule has 5 fully saturated rings. The third kappa shape index (κ3) is 11.7. The molecule has 2 nitrogen and oxygen atoms in total. The molecule has 5 rings (SSSR count). The molecule has 0 saturated heterocycles. The predicted molar refractivity (Wildman–Crippen MR) is 256 cm³/mol. The summed E-state index contributed by atoms with van der Waals surface area (Å²) < 4.78 is 6.47. The smallest absolute Gasteiger partial charge is 0.306 e. The first-order chi connectivity index (χ1) is 28.2. The number of fused-ring (bicyclic) bond motifs is 7. The summed E-state index contributed by atoms with van der Waals surface area (Å²) >= 11 is 0. The van der Waals surface area contributed by atoms with Crippen molar-refractivity contribution in [3.05, 3.63) is 12.2 Å². The quantitative estimate of drug-likeness (QED) is 0.0469. The molecule has 5 aliphatic rings. The van der Waals surface area contributed by atoms with Crippen LogP contribution in [0.4, 0.5) is 0 Å². The normalized spacial score (nSPS) is 36.0. The summed E-state index contributed by atoms with van der Waals surface area (Å²) in [5.41, 5.74) is 3.17. The van der Waals surface area contributed by atoms with Gasteiger partial charge in [0.1, 0.15) is 6.10 Å². The molecule has 5 saturated carbocycles.